The van der Waals surface area contributed by atoms with Crippen LogP contribution in [-0.2, 0) is 4.79 Å². The van der Waals surface area contributed by atoms with Gasteiger partial charge in [-0.3, -0.25) is 4.79 Å². The van der Waals surface area contributed by atoms with E-state index in [0.29, 0.717) is 25.1 Å². The fourth-order valence-electron chi connectivity index (χ4n) is 1.06. The lowest BCUT2D eigenvalue weighted by Crippen LogP contribution is -2.13. The molecule has 0 bridgehead atoms. The predicted octanol–water partition coefficient (Wildman–Crippen LogP) is 2.16. The van der Waals surface area contributed by atoms with Crippen LogP contribution >= 0.6 is 11.6 Å². The van der Waals surface area contributed by atoms with Gasteiger partial charge in [-0.25, -0.2) is 4.39 Å². The molecule has 82 valence electrons. The average Bonchev–Trinajstić information content (AvgIpc) is 2.20. The Morgan fingerprint density at radius 3 is 2.87 bits per heavy atom. The molecule has 1 amide bonds. The van der Waals surface area contributed by atoms with Crippen LogP contribution < -0.4 is 11.1 Å². The molecule has 5 heteroatoms. The molecule has 0 unspecified atom stereocenters. The molecule has 0 radical (unpaired) electrons. The first kappa shape index (κ1) is 11.9. The third-order valence-corrected chi connectivity index (χ3v) is 2.10. The fraction of sp³-hybridized carbons (Fsp3) is 0.300. The zero-order valence-corrected chi connectivity index (χ0v) is 8.85. The van der Waals surface area contributed by atoms with Gasteiger partial charge in [-0.2, -0.15) is 0 Å². The van der Waals surface area contributed by atoms with Gasteiger partial charge in [0.15, 0.2) is 0 Å². The first-order chi connectivity index (χ1) is 7.13. The Morgan fingerprint density at radius 1 is 1.53 bits per heavy atom. The second-order valence-electron chi connectivity index (χ2n) is 3.07. The van der Waals surface area contributed by atoms with Gasteiger partial charge in [0.1, 0.15) is 5.82 Å². The zero-order valence-electron chi connectivity index (χ0n) is 8.09. The molecule has 0 aliphatic heterocycles. The predicted molar refractivity (Wildman–Crippen MR) is 58.3 cm³/mol. The maximum atomic E-state index is 12.8. The number of benzene rings is 1. The molecule has 0 aliphatic carbocycles. The molecule has 0 atom stereocenters. The SMILES string of the molecule is NCCCC(=O)Nc1ccc(F)c(Cl)c1. The number of carbonyl (C=O) groups is 1. The summed E-state index contributed by atoms with van der Waals surface area (Å²) in [6.45, 7) is 0.470. The van der Waals surface area contributed by atoms with Gasteiger partial charge < -0.3 is 11.1 Å². The van der Waals surface area contributed by atoms with E-state index in [2.05, 4.69) is 5.32 Å². The van der Waals surface area contributed by atoms with Crippen molar-refractivity contribution < 1.29 is 9.18 Å². The zero-order chi connectivity index (χ0) is 11.3. The molecule has 1 aromatic rings. The van der Waals surface area contributed by atoms with E-state index in [1.807, 2.05) is 0 Å². The minimum Gasteiger partial charge on any atom is -0.330 e. The number of rotatable bonds is 4. The van der Waals surface area contributed by atoms with E-state index in [0.717, 1.165) is 0 Å². The number of halogens is 2. The van der Waals surface area contributed by atoms with Crippen LogP contribution in [0.3, 0.4) is 0 Å². The van der Waals surface area contributed by atoms with Crippen LogP contribution in [0.1, 0.15) is 12.8 Å². The van der Waals surface area contributed by atoms with E-state index >= 15 is 0 Å². The van der Waals surface area contributed by atoms with Crippen molar-refractivity contribution in [3.05, 3.63) is 29.0 Å². The highest BCUT2D eigenvalue weighted by Gasteiger charge is 2.04. The van der Waals surface area contributed by atoms with Crippen molar-refractivity contribution >= 4 is 23.2 Å². The number of hydrogen-bond donors (Lipinski definition) is 2. The molecule has 1 aromatic carbocycles. The summed E-state index contributed by atoms with van der Waals surface area (Å²) in [5.41, 5.74) is 5.75. The van der Waals surface area contributed by atoms with Crippen molar-refractivity contribution in [2.45, 2.75) is 12.8 Å². The number of hydrogen-bond acceptors (Lipinski definition) is 2. The lowest BCUT2D eigenvalue weighted by atomic mass is 10.2. The summed E-state index contributed by atoms with van der Waals surface area (Å²) in [7, 11) is 0. The molecule has 0 fully saturated rings. The summed E-state index contributed by atoms with van der Waals surface area (Å²) in [4.78, 5) is 11.3. The van der Waals surface area contributed by atoms with Crippen molar-refractivity contribution in [3.8, 4) is 0 Å². The largest absolute Gasteiger partial charge is 0.330 e. The second kappa shape index (κ2) is 5.68. The summed E-state index contributed by atoms with van der Waals surface area (Å²) in [6, 6.07) is 4.04. The Bertz CT molecular complexity index is 357. The molecule has 0 heterocycles. The average molecular weight is 231 g/mol. The molecule has 0 spiro atoms. The molecular weight excluding hydrogens is 219 g/mol. The van der Waals surface area contributed by atoms with Crippen LogP contribution in [0.5, 0.6) is 0 Å². The number of anilines is 1. The van der Waals surface area contributed by atoms with Crippen LogP contribution in [0.4, 0.5) is 10.1 Å². The van der Waals surface area contributed by atoms with Gasteiger partial charge in [0, 0.05) is 12.1 Å². The molecular formula is C10H12ClFN2O. The molecule has 1 rings (SSSR count). The summed E-state index contributed by atoms with van der Waals surface area (Å²) in [5, 5.41) is 2.59. The van der Waals surface area contributed by atoms with Crippen LogP contribution in [0.15, 0.2) is 18.2 Å². The third kappa shape index (κ3) is 3.85. The lowest BCUT2D eigenvalue weighted by Gasteiger charge is -2.05. The summed E-state index contributed by atoms with van der Waals surface area (Å²) < 4.78 is 12.8. The highest BCUT2D eigenvalue weighted by molar-refractivity contribution is 6.31. The van der Waals surface area contributed by atoms with Crippen molar-refractivity contribution in [2.24, 2.45) is 5.73 Å². The minimum atomic E-state index is -0.503. The lowest BCUT2D eigenvalue weighted by molar-refractivity contribution is -0.116. The van der Waals surface area contributed by atoms with Crippen molar-refractivity contribution in [2.75, 3.05) is 11.9 Å². The number of amides is 1. The fourth-order valence-corrected chi connectivity index (χ4v) is 1.24. The second-order valence-corrected chi connectivity index (χ2v) is 3.48. The van der Waals surface area contributed by atoms with Gasteiger partial charge in [0.05, 0.1) is 5.02 Å². The molecule has 3 N–H and O–H groups in total. The van der Waals surface area contributed by atoms with Gasteiger partial charge >= 0.3 is 0 Å². The van der Waals surface area contributed by atoms with E-state index < -0.39 is 5.82 Å². The van der Waals surface area contributed by atoms with Crippen molar-refractivity contribution in [3.63, 3.8) is 0 Å². The highest BCUT2D eigenvalue weighted by Crippen LogP contribution is 2.19. The monoisotopic (exact) mass is 230 g/mol. The molecule has 0 saturated heterocycles. The smallest absolute Gasteiger partial charge is 0.224 e. The van der Waals surface area contributed by atoms with Crippen LogP contribution in [0.25, 0.3) is 0 Å². The third-order valence-electron chi connectivity index (χ3n) is 1.81. The molecule has 0 saturated carbocycles. The summed E-state index contributed by atoms with van der Waals surface area (Å²) >= 11 is 5.56. The Kier molecular flexibility index (Phi) is 4.52. The number of nitrogens with two attached hydrogens (primary N) is 1. The number of carbonyl (C=O) groups excluding carboxylic acids is 1. The van der Waals surface area contributed by atoms with E-state index in [9.17, 15) is 9.18 Å². The standard InChI is InChI=1S/C10H12ClFN2O/c11-8-6-7(3-4-9(8)12)14-10(15)2-1-5-13/h3-4,6H,1-2,5,13H2,(H,14,15). The van der Waals surface area contributed by atoms with Crippen LogP contribution in [-0.4, -0.2) is 12.5 Å². The van der Waals surface area contributed by atoms with E-state index in [4.69, 9.17) is 17.3 Å². The maximum absolute atomic E-state index is 12.8. The van der Waals surface area contributed by atoms with Crippen molar-refractivity contribution in [1.29, 1.82) is 0 Å². The number of nitrogens with one attached hydrogen (secondary N) is 1. The highest BCUT2D eigenvalue weighted by atomic mass is 35.5. The first-order valence-corrected chi connectivity index (χ1v) is 4.96. The molecule has 0 aromatic heterocycles. The Labute approximate surface area is 92.4 Å². The van der Waals surface area contributed by atoms with E-state index in [1.165, 1.54) is 18.2 Å². The van der Waals surface area contributed by atoms with Crippen molar-refractivity contribution in [1.82, 2.24) is 0 Å². The quantitative estimate of drug-likeness (QED) is 0.833. The summed E-state index contributed by atoms with van der Waals surface area (Å²) in [5.74, 6) is -0.653. The van der Waals surface area contributed by atoms with Gasteiger partial charge in [-0.1, -0.05) is 11.6 Å². The molecule has 3 nitrogen and oxygen atoms in total. The molecule has 0 aliphatic rings. The molecule has 15 heavy (non-hydrogen) atoms. The van der Waals surface area contributed by atoms with Gasteiger partial charge in [-0.05, 0) is 31.2 Å². The van der Waals surface area contributed by atoms with Gasteiger partial charge in [0.25, 0.3) is 0 Å². The summed E-state index contributed by atoms with van der Waals surface area (Å²) in [6.07, 6.45) is 0.978. The first-order valence-electron chi connectivity index (χ1n) is 4.58. The van der Waals surface area contributed by atoms with Crippen LogP contribution in [0, 0.1) is 5.82 Å². The Morgan fingerprint density at radius 2 is 2.27 bits per heavy atom. The minimum absolute atomic E-state index is 0.00775. The van der Waals surface area contributed by atoms with Crippen LogP contribution in [0.2, 0.25) is 5.02 Å². The Balaban J connectivity index is 2.57. The van der Waals surface area contributed by atoms with E-state index in [-0.39, 0.29) is 10.9 Å². The van der Waals surface area contributed by atoms with E-state index in [1.54, 1.807) is 0 Å². The topological polar surface area (TPSA) is 55.1 Å². The Hall–Kier alpha value is -1.13. The normalized spacial score (nSPS) is 10.1. The maximum Gasteiger partial charge on any atom is 0.224 e. The van der Waals surface area contributed by atoms with Gasteiger partial charge in [0.2, 0.25) is 5.91 Å². The van der Waals surface area contributed by atoms with Gasteiger partial charge in [-0.15, -0.1) is 0 Å².